The second kappa shape index (κ2) is 9.58. The van der Waals surface area contributed by atoms with Gasteiger partial charge in [0.25, 0.3) is 0 Å². The third kappa shape index (κ3) is 6.51. The summed E-state index contributed by atoms with van der Waals surface area (Å²) in [5.41, 5.74) is 0. The average molecular weight is 282 g/mol. The predicted molar refractivity (Wildman–Crippen MR) is 67.6 cm³/mol. The minimum Gasteiger partial charge on any atom is -0.391 e. The first-order valence-corrected chi connectivity index (χ1v) is 6.78. The number of nitrogens with zero attached hydrogens (tertiary/aromatic N) is 1. The maximum Gasteiger partial charge on any atom is 0.0763 e. The van der Waals surface area contributed by atoms with Crippen LogP contribution in [0.4, 0.5) is 0 Å². The summed E-state index contributed by atoms with van der Waals surface area (Å²) in [5, 5.41) is 10.3. The summed E-state index contributed by atoms with van der Waals surface area (Å²) < 4.78 is 5.09. The summed E-state index contributed by atoms with van der Waals surface area (Å²) in [4.78, 5) is 2.31. The molecule has 0 aliphatic carbocycles. The first-order chi connectivity index (χ1) is 7.19. The molecule has 1 unspecified atom stereocenters. The normalized spacial score (nSPS) is 13.8. The lowest BCUT2D eigenvalue weighted by Gasteiger charge is -2.31. The molecule has 0 bridgehead atoms. The average Bonchev–Trinajstić information content (AvgIpc) is 2.26. The molecule has 3 nitrogen and oxygen atoms in total. The van der Waals surface area contributed by atoms with Crippen molar-refractivity contribution < 1.29 is 9.84 Å². The van der Waals surface area contributed by atoms with E-state index in [2.05, 4.69) is 34.7 Å². The number of hydrogen-bond acceptors (Lipinski definition) is 3. The number of ether oxygens (including phenoxy) is 1. The molecule has 0 fully saturated rings. The summed E-state index contributed by atoms with van der Waals surface area (Å²) in [7, 11) is 1.71. The van der Waals surface area contributed by atoms with Crippen LogP contribution in [0, 0.1) is 0 Å². The first-order valence-electron chi connectivity index (χ1n) is 5.66. The van der Waals surface area contributed by atoms with Gasteiger partial charge in [-0.25, -0.2) is 0 Å². The van der Waals surface area contributed by atoms with E-state index < -0.39 is 0 Å². The van der Waals surface area contributed by atoms with Crippen LogP contribution in [0.3, 0.4) is 0 Å². The Balaban J connectivity index is 4.14. The van der Waals surface area contributed by atoms with Gasteiger partial charge in [-0.05, 0) is 12.8 Å². The zero-order valence-corrected chi connectivity index (χ0v) is 11.7. The number of aliphatic hydroxyl groups is 1. The summed E-state index contributed by atoms with van der Waals surface area (Å²) in [6.45, 7) is 6.72. The molecule has 0 aliphatic heterocycles. The fraction of sp³-hybridized carbons (Fsp3) is 1.00. The van der Waals surface area contributed by atoms with Gasteiger partial charge in [-0.3, -0.25) is 4.90 Å². The van der Waals surface area contributed by atoms with Crippen molar-refractivity contribution >= 4 is 15.9 Å². The van der Waals surface area contributed by atoms with E-state index in [1.165, 1.54) is 0 Å². The molecule has 0 aromatic carbocycles. The van der Waals surface area contributed by atoms with Gasteiger partial charge in [0.1, 0.15) is 0 Å². The lowest BCUT2D eigenvalue weighted by atomic mass is 10.1. The van der Waals surface area contributed by atoms with Crippen LogP contribution in [0.25, 0.3) is 0 Å². The number of rotatable bonds is 9. The molecule has 1 atom stereocenters. The van der Waals surface area contributed by atoms with Gasteiger partial charge >= 0.3 is 0 Å². The highest BCUT2D eigenvalue weighted by atomic mass is 79.9. The van der Waals surface area contributed by atoms with Gasteiger partial charge in [-0.1, -0.05) is 29.8 Å². The van der Waals surface area contributed by atoms with Crippen molar-refractivity contribution in [2.24, 2.45) is 0 Å². The summed E-state index contributed by atoms with van der Waals surface area (Å²) in [6.07, 6.45) is 1.95. The monoisotopic (exact) mass is 281 g/mol. The molecule has 92 valence electrons. The van der Waals surface area contributed by atoms with Gasteiger partial charge in [-0.15, -0.1) is 0 Å². The first kappa shape index (κ1) is 15.4. The Labute approximate surface area is 102 Å². The number of aliphatic hydroxyl groups excluding tert-OH is 1. The fourth-order valence-corrected chi connectivity index (χ4v) is 1.96. The quantitative estimate of drug-likeness (QED) is 0.655. The summed E-state index contributed by atoms with van der Waals surface area (Å²) >= 11 is 3.30. The minimum atomic E-state index is -0.289. The van der Waals surface area contributed by atoms with Crippen LogP contribution in [-0.4, -0.2) is 54.3 Å². The smallest absolute Gasteiger partial charge is 0.0763 e. The second-order valence-corrected chi connectivity index (χ2v) is 4.41. The van der Waals surface area contributed by atoms with Crippen LogP contribution in [0.15, 0.2) is 0 Å². The van der Waals surface area contributed by atoms with Crippen LogP contribution < -0.4 is 0 Å². The molecular weight excluding hydrogens is 258 g/mol. The Kier molecular flexibility index (Phi) is 9.81. The Hall–Kier alpha value is 0.360. The van der Waals surface area contributed by atoms with Crippen LogP contribution in [0.2, 0.25) is 0 Å². The van der Waals surface area contributed by atoms with E-state index in [0.29, 0.717) is 11.4 Å². The molecule has 0 heterocycles. The third-order valence-electron chi connectivity index (χ3n) is 2.66. The van der Waals surface area contributed by atoms with Gasteiger partial charge < -0.3 is 9.84 Å². The predicted octanol–water partition coefficient (Wildman–Crippen LogP) is 1.88. The molecule has 0 saturated carbocycles. The fourth-order valence-electron chi connectivity index (χ4n) is 1.76. The van der Waals surface area contributed by atoms with Crippen LogP contribution >= 0.6 is 15.9 Å². The zero-order chi connectivity index (χ0) is 11.7. The Morgan fingerprint density at radius 3 is 2.33 bits per heavy atom. The van der Waals surface area contributed by atoms with Crippen molar-refractivity contribution in [2.75, 3.05) is 32.1 Å². The molecule has 1 N–H and O–H groups in total. The van der Waals surface area contributed by atoms with Crippen molar-refractivity contribution in [3.8, 4) is 0 Å². The molecule has 0 amide bonds. The minimum absolute atomic E-state index is 0.289. The Morgan fingerprint density at radius 1 is 1.33 bits per heavy atom. The van der Waals surface area contributed by atoms with E-state index in [-0.39, 0.29) is 6.10 Å². The van der Waals surface area contributed by atoms with E-state index in [1.807, 2.05) is 0 Å². The van der Waals surface area contributed by atoms with Gasteiger partial charge in [0.2, 0.25) is 0 Å². The van der Waals surface area contributed by atoms with Crippen molar-refractivity contribution in [1.82, 2.24) is 4.90 Å². The molecule has 0 radical (unpaired) electrons. The maximum atomic E-state index is 9.64. The molecular formula is C11H24BrNO2. The molecule has 0 aromatic rings. The van der Waals surface area contributed by atoms with Crippen LogP contribution in [0.5, 0.6) is 0 Å². The maximum absolute atomic E-state index is 9.64. The van der Waals surface area contributed by atoms with Crippen molar-refractivity contribution in [2.45, 2.75) is 38.8 Å². The molecule has 0 saturated heterocycles. The molecule has 15 heavy (non-hydrogen) atoms. The summed E-state index contributed by atoms with van der Waals surface area (Å²) in [6, 6.07) is 0.550. The van der Waals surface area contributed by atoms with Crippen LogP contribution in [0.1, 0.15) is 26.7 Å². The number of methoxy groups -OCH3 is 1. The van der Waals surface area contributed by atoms with E-state index in [1.54, 1.807) is 7.11 Å². The number of alkyl halides is 1. The number of hydrogen-bond donors (Lipinski definition) is 1. The second-order valence-electron chi connectivity index (χ2n) is 3.77. The Morgan fingerprint density at radius 2 is 1.93 bits per heavy atom. The van der Waals surface area contributed by atoms with Crippen molar-refractivity contribution in [3.05, 3.63) is 0 Å². The molecule has 0 spiro atoms. The van der Waals surface area contributed by atoms with Gasteiger partial charge in [0, 0.05) is 31.6 Å². The van der Waals surface area contributed by atoms with Crippen LogP contribution in [-0.2, 0) is 4.74 Å². The van der Waals surface area contributed by atoms with Gasteiger partial charge in [-0.2, -0.15) is 0 Å². The van der Waals surface area contributed by atoms with E-state index in [9.17, 15) is 5.11 Å². The van der Waals surface area contributed by atoms with Gasteiger partial charge in [0.15, 0.2) is 0 Å². The lowest BCUT2D eigenvalue weighted by Crippen LogP contribution is -2.42. The topological polar surface area (TPSA) is 32.7 Å². The number of halogens is 1. The Bertz CT molecular complexity index is 143. The van der Waals surface area contributed by atoms with E-state index >= 15 is 0 Å². The molecule has 0 aromatic heterocycles. The van der Waals surface area contributed by atoms with Crippen molar-refractivity contribution in [3.63, 3.8) is 0 Å². The van der Waals surface area contributed by atoms with E-state index in [0.717, 1.165) is 32.5 Å². The standard InChI is InChI=1S/C11H24BrNO2/c1-4-10(5-2)13(6-7-15-3)9-11(14)8-12/h10-11,14H,4-9H2,1-3H3. The largest absolute Gasteiger partial charge is 0.391 e. The summed E-state index contributed by atoms with van der Waals surface area (Å²) in [5.74, 6) is 0. The molecule has 0 rings (SSSR count). The van der Waals surface area contributed by atoms with E-state index in [4.69, 9.17) is 4.74 Å². The van der Waals surface area contributed by atoms with Gasteiger partial charge in [0.05, 0.1) is 12.7 Å². The third-order valence-corrected chi connectivity index (χ3v) is 3.41. The lowest BCUT2D eigenvalue weighted by molar-refractivity contribution is 0.0707. The highest BCUT2D eigenvalue weighted by Crippen LogP contribution is 2.09. The molecule has 4 heteroatoms. The molecule has 0 aliphatic rings. The van der Waals surface area contributed by atoms with Crippen molar-refractivity contribution in [1.29, 1.82) is 0 Å². The zero-order valence-electron chi connectivity index (χ0n) is 10.1. The highest BCUT2D eigenvalue weighted by molar-refractivity contribution is 9.09. The highest BCUT2D eigenvalue weighted by Gasteiger charge is 2.17. The SMILES string of the molecule is CCC(CC)N(CCOC)CC(O)CBr.